The molecule has 1 N–H and O–H groups in total. The zero-order valence-corrected chi connectivity index (χ0v) is 35.1. The molecule has 11 fully saturated rings. The van der Waals surface area contributed by atoms with Gasteiger partial charge in [-0.15, -0.1) is 0 Å². The highest BCUT2D eigenvalue weighted by Crippen LogP contribution is 2.45. The van der Waals surface area contributed by atoms with Crippen LogP contribution in [0.1, 0.15) is 146 Å². The molecule has 6 heteroatoms. The number of hydrogen-bond acceptors (Lipinski definition) is 6. The Bertz CT molecular complexity index is 914. The first-order valence-corrected chi connectivity index (χ1v) is 22.4. The van der Waals surface area contributed by atoms with E-state index in [1.807, 2.05) is 0 Å². The molecule has 3 aliphatic carbocycles. The Morgan fingerprint density at radius 3 is 1.36 bits per heavy atom. The number of rotatable bonds is 5. The highest BCUT2D eigenvalue weighted by molar-refractivity contribution is 4.99. The van der Waals surface area contributed by atoms with Crippen LogP contribution >= 0.6 is 0 Å². The van der Waals surface area contributed by atoms with E-state index in [0.717, 1.165) is 77.9 Å². The fourth-order valence-electron chi connectivity index (χ4n) is 10.9. The van der Waals surface area contributed by atoms with Crippen molar-refractivity contribution in [1.29, 1.82) is 0 Å². The zero-order valence-electron chi connectivity index (χ0n) is 35.1. The summed E-state index contributed by atoms with van der Waals surface area (Å²) in [6.45, 7) is 35.1. The topological polar surface area (TPSA) is 28.2 Å². The van der Waals surface area contributed by atoms with Crippen LogP contribution < -0.4 is 5.32 Å². The molecule has 6 nitrogen and oxygen atoms in total. The maximum absolute atomic E-state index is 3.59. The van der Waals surface area contributed by atoms with Gasteiger partial charge in [-0.3, -0.25) is 4.90 Å². The van der Waals surface area contributed by atoms with Gasteiger partial charge in [0.05, 0.1) is 0 Å². The van der Waals surface area contributed by atoms with Crippen molar-refractivity contribution in [3.63, 3.8) is 0 Å². The molecule has 11 rings (SSSR count). The Kier molecular flexibility index (Phi) is 15.9. The molecule has 0 amide bonds. The summed E-state index contributed by atoms with van der Waals surface area (Å²) in [6, 6.07) is 6.67. The average Bonchev–Trinajstić information content (AvgIpc) is 3.44. The van der Waals surface area contributed by atoms with Gasteiger partial charge in [-0.25, -0.2) is 0 Å². The molecule has 292 valence electrons. The van der Waals surface area contributed by atoms with E-state index in [9.17, 15) is 0 Å². The van der Waals surface area contributed by atoms with Gasteiger partial charge in [-0.2, -0.15) is 0 Å². The number of nitrogens with one attached hydrogen (secondary N) is 1. The van der Waals surface area contributed by atoms with Crippen LogP contribution in [-0.2, 0) is 0 Å². The lowest BCUT2D eigenvalue weighted by Crippen LogP contribution is -2.61. The molecule has 6 unspecified atom stereocenters. The second-order valence-corrected chi connectivity index (χ2v) is 19.7. The van der Waals surface area contributed by atoms with Gasteiger partial charge < -0.3 is 24.9 Å². The third-order valence-electron chi connectivity index (χ3n) is 14.4. The first kappa shape index (κ1) is 40.9. The molecule has 11 aliphatic rings. The summed E-state index contributed by atoms with van der Waals surface area (Å²) < 4.78 is 0. The normalized spacial score (nSPS) is 36.5. The minimum atomic E-state index is 0.742. The largest absolute Gasteiger partial charge is 0.314 e. The lowest BCUT2D eigenvalue weighted by molar-refractivity contribution is -0.0511. The molecule has 0 spiro atoms. The van der Waals surface area contributed by atoms with E-state index in [2.05, 4.69) is 99.1 Å². The molecular formula is C44H86N6. The predicted octanol–water partition coefficient (Wildman–Crippen LogP) is 8.06. The fourth-order valence-corrected chi connectivity index (χ4v) is 10.9. The van der Waals surface area contributed by atoms with E-state index in [0.29, 0.717) is 0 Å². The van der Waals surface area contributed by atoms with Gasteiger partial charge in [0.25, 0.3) is 0 Å². The van der Waals surface area contributed by atoms with Gasteiger partial charge in [0.1, 0.15) is 0 Å². The summed E-state index contributed by atoms with van der Waals surface area (Å²) in [5, 5.41) is 3.59. The zero-order chi connectivity index (χ0) is 35.9. The minimum Gasteiger partial charge on any atom is -0.314 e. The van der Waals surface area contributed by atoms with Crippen molar-refractivity contribution >= 4 is 0 Å². The van der Waals surface area contributed by atoms with Crippen LogP contribution in [0.4, 0.5) is 0 Å². The summed E-state index contributed by atoms with van der Waals surface area (Å²) in [7, 11) is 0. The van der Waals surface area contributed by atoms with E-state index in [1.54, 1.807) is 0 Å². The third-order valence-corrected chi connectivity index (χ3v) is 14.4. The molecule has 8 aliphatic heterocycles. The number of fused-ring (bicyclic) bond motifs is 6. The summed E-state index contributed by atoms with van der Waals surface area (Å²) >= 11 is 0. The Morgan fingerprint density at radius 1 is 0.420 bits per heavy atom. The van der Waals surface area contributed by atoms with Crippen molar-refractivity contribution in [2.75, 3.05) is 58.9 Å². The van der Waals surface area contributed by atoms with Gasteiger partial charge in [0, 0.05) is 81.1 Å². The maximum Gasteiger partial charge on any atom is 0.0120 e. The van der Waals surface area contributed by atoms with Crippen LogP contribution in [0.3, 0.4) is 0 Å². The van der Waals surface area contributed by atoms with Gasteiger partial charge in [-0.1, -0.05) is 12.8 Å². The van der Waals surface area contributed by atoms with Gasteiger partial charge in [0.15, 0.2) is 0 Å². The van der Waals surface area contributed by atoms with Gasteiger partial charge >= 0.3 is 0 Å². The number of likely N-dealkylation sites (tertiary alicyclic amines) is 3. The second kappa shape index (κ2) is 19.4. The maximum atomic E-state index is 3.59. The first-order valence-electron chi connectivity index (χ1n) is 22.4. The van der Waals surface area contributed by atoms with Gasteiger partial charge in [0.2, 0.25) is 0 Å². The Morgan fingerprint density at radius 2 is 0.940 bits per heavy atom. The Hall–Kier alpha value is -0.240. The number of nitrogens with zero attached hydrogens (tertiary/aromatic N) is 5. The van der Waals surface area contributed by atoms with E-state index in [1.165, 1.54) is 136 Å². The molecule has 0 radical (unpaired) electrons. The first-order chi connectivity index (χ1) is 23.9. The molecule has 8 heterocycles. The molecule has 8 saturated heterocycles. The summed E-state index contributed by atoms with van der Waals surface area (Å²) in [6.07, 6.45) is 17.5. The molecule has 0 aromatic carbocycles. The van der Waals surface area contributed by atoms with Crippen molar-refractivity contribution in [2.45, 2.75) is 195 Å². The van der Waals surface area contributed by atoms with E-state index in [-0.39, 0.29) is 0 Å². The average molecular weight is 699 g/mol. The summed E-state index contributed by atoms with van der Waals surface area (Å²) in [5.74, 6) is 5.29. The molecule has 0 aromatic rings. The molecule has 50 heavy (non-hydrogen) atoms. The van der Waals surface area contributed by atoms with Crippen molar-refractivity contribution in [3.8, 4) is 0 Å². The third kappa shape index (κ3) is 11.6. The predicted molar refractivity (Wildman–Crippen MR) is 216 cm³/mol. The molecular weight excluding hydrogens is 613 g/mol. The van der Waals surface area contributed by atoms with Crippen LogP contribution in [0.25, 0.3) is 0 Å². The van der Waals surface area contributed by atoms with E-state index < -0.39 is 0 Å². The van der Waals surface area contributed by atoms with Crippen LogP contribution in [0.15, 0.2) is 0 Å². The van der Waals surface area contributed by atoms with Crippen molar-refractivity contribution < 1.29 is 0 Å². The molecule has 0 aromatic heterocycles. The van der Waals surface area contributed by atoms with Crippen LogP contribution in [0.5, 0.6) is 0 Å². The lowest BCUT2D eigenvalue weighted by Gasteiger charge is -2.55. The Labute approximate surface area is 312 Å². The van der Waals surface area contributed by atoms with Gasteiger partial charge in [-0.05, 0) is 189 Å². The second-order valence-electron chi connectivity index (χ2n) is 19.7. The molecule has 6 atom stereocenters. The molecule has 3 saturated carbocycles. The van der Waals surface area contributed by atoms with Crippen LogP contribution in [-0.4, -0.2) is 132 Å². The van der Waals surface area contributed by atoms with Crippen molar-refractivity contribution in [2.24, 2.45) is 29.6 Å². The monoisotopic (exact) mass is 699 g/mol. The highest BCUT2D eigenvalue weighted by atomic mass is 15.3. The fraction of sp³-hybridized carbons (Fsp3) is 1.00. The number of hydrogen-bond donors (Lipinski definition) is 1. The smallest absolute Gasteiger partial charge is 0.0120 e. The minimum absolute atomic E-state index is 0.742. The summed E-state index contributed by atoms with van der Waals surface area (Å²) in [4.78, 5) is 13.1. The standard InChI is InChI=1S/C10H20N2.2C9H17N.C8H15N.C8H17N/c1-8(2)12-6-4-10-9(7-12)3-5-11-10;1-7(2)10-5-8-3-9(4-8)6-10;1-7(2)10-8-4-3-5-9(10)6-8;1-6(2)9-4-7-3-8(7)5-9;1-8(2)9-6-4-3-5-7-9/h8-11H,3-7H2,1-2H3;2*7-9H,3-6H2,1-2H3;6-8H,3-5H2,1-2H3;8H,3-7H2,1-2H3. The summed E-state index contributed by atoms with van der Waals surface area (Å²) in [5.41, 5.74) is 0. The van der Waals surface area contributed by atoms with E-state index >= 15 is 0 Å². The highest BCUT2D eigenvalue weighted by Gasteiger charge is 2.45. The lowest BCUT2D eigenvalue weighted by atomic mass is 9.71. The Balaban J connectivity index is 0.000000122. The number of piperidine rings is 6. The van der Waals surface area contributed by atoms with Crippen LogP contribution in [0.2, 0.25) is 0 Å². The van der Waals surface area contributed by atoms with Crippen LogP contribution in [0, 0.1) is 29.6 Å². The molecule has 4 bridgehead atoms. The van der Waals surface area contributed by atoms with Crippen molar-refractivity contribution in [1.82, 2.24) is 29.8 Å². The SMILES string of the molecule is CC(C)N1C2CCCC1C2.CC(C)N1CC2CC(C2)C1.CC(C)N1CC2CC2C1.CC(C)N1CCC2NCCC2C1.CC(C)N1CCCCC1. The van der Waals surface area contributed by atoms with E-state index in [4.69, 9.17) is 0 Å². The van der Waals surface area contributed by atoms with Crippen molar-refractivity contribution in [3.05, 3.63) is 0 Å². The quantitative estimate of drug-likeness (QED) is 0.313.